The molecule has 1 heterocycles. The highest BCUT2D eigenvalue weighted by Gasteiger charge is 2.46. The monoisotopic (exact) mass is 839 g/mol. The zero-order valence-electron chi connectivity index (χ0n) is 40.0. The molecule has 0 aliphatic carbocycles. The topological polar surface area (TPSA) is 76.2 Å². The van der Waals surface area contributed by atoms with Gasteiger partial charge < -0.3 is 19.3 Å². The number of allylic oxidation sites excluding steroid dienone is 8. The highest BCUT2D eigenvalue weighted by Crippen LogP contribution is 2.30. The van der Waals surface area contributed by atoms with Gasteiger partial charge >= 0.3 is 11.9 Å². The molecule has 7 nitrogen and oxygen atoms in total. The van der Waals surface area contributed by atoms with Gasteiger partial charge in [-0.05, 0) is 143 Å². The van der Waals surface area contributed by atoms with Gasteiger partial charge in [0.2, 0.25) is 5.91 Å². The van der Waals surface area contributed by atoms with Crippen molar-refractivity contribution in [2.75, 3.05) is 33.7 Å². The van der Waals surface area contributed by atoms with Crippen LogP contribution in [0.4, 0.5) is 0 Å². The Kier molecular flexibility index (Phi) is 36.2. The Balaban J connectivity index is 3.12. The van der Waals surface area contributed by atoms with Gasteiger partial charge in [-0.15, -0.1) is 0 Å². The number of ether oxygens (including phenoxy) is 2. The summed E-state index contributed by atoms with van der Waals surface area (Å²) in [6.45, 7) is 9.95. The lowest BCUT2D eigenvalue weighted by atomic mass is 9.95. The van der Waals surface area contributed by atoms with Crippen LogP contribution in [0.15, 0.2) is 48.6 Å². The number of unbranched alkanes of at least 4 members (excludes halogenated alkanes) is 16. The number of carbonyl (C=O) groups is 3. The molecule has 1 amide bonds. The Bertz CT molecular complexity index is 1050. The van der Waals surface area contributed by atoms with E-state index in [-0.39, 0.29) is 43.1 Å². The Hall–Kier alpha value is -2.67. The van der Waals surface area contributed by atoms with E-state index < -0.39 is 11.8 Å². The Morgan fingerprint density at radius 1 is 0.483 bits per heavy atom. The van der Waals surface area contributed by atoms with Crippen molar-refractivity contribution < 1.29 is 23.9 Å². The first-order valence-electron chi connectivity index (χ1n) is 25.2. The van der Waals surface area contributed by atoms with Crippen LogP contribution in [0.3, 0.4) is 0 Å². The highest BCUT2D eigenvalue weighted by atomic mass is 16.6. The maximum atomic E-state index is 14.2. The van der Waals surface area contributed by atoms with Crippen LogP contribution in [0.2, 0.25) is 0 Å². The first-order chi connectivity index (χ1) is 29.3. The molecule has 0 bridgehead atoms. The Labute approximate surface area is 370 Å². The molecule has 1 aliphatic rings. The maximum absolute atomic E-state index is 14.2. The zero-order chi connectivity index (χ0) is 43.9. The number of amides is 1. The molecule has 0 aromatic carbocycles. The highest BCUT2D eigenvalue weighted by molar-refractivity contribution is 5.86. The zero-order valence-corrected chi connectivity index (χ0v) is 40.0. The van der Waals surface area contributed by atoms with Gasteiger partial charge in [-0.3, -0.25) is 14.4 Å². The lowest BCUT2D eigenvalue weighted by Crippen LogP contribution is -2.35. The minimum atomic E-state index is -0.724. The maximum Gasteiger partial charge on any atom is 0.311 e. The van der Waals surface area contributed by atoms with E-state index in [0.29, 0.717) is 13.0 Å². The predicted octanol–water partition coefficient (Wildman–Crippen LogP) is 14.1. The Morgan fingerprint density at radius 3 is 1.03 bits per heavy atom. The smallest absolute Gasteiger partial charge is 0.311 e. The summed E-state index contributed by atoms with van der Waals surface area (Å²) in [5.41, 5.74) is 0. The summed E-state index contributed by atoms with van der Waals surface area (Å²) in [5.74, 6) is -2.19. The summed E-state index contributed by atoms with van der Waals surface area (Å²) in [6.07, 6.45) is 48.4. The SMILES string of the molecule is CCCCC/C=C\CCCC(CCC/C=C\CCCCC)OC(=O)C1CN(C(=O)CCN(C)C)CC1C(=O)OC(CCC/C=C\CCCCC)CCC/C=C\CCCCC. The molecule has 0 aromatic rings. The first kappa shape index (κ1) is 55.3. The summed E-state index contributed by atoms with van der Waals surface area (Å²) in [7, 11) is 3.90. The van der Waals surface area contributed by atoms with Crippen molar-refractivity contribution in [2.24, 2.45) is 11.8 Å². The van der Waals surface area contributed by atoms with E-state index in [2.05, 4.69) is 76.3 Å². The molecule has 1 saturated heterocycles. The predicted molar refractivity (Wildman–Crippen MR) is 255 cm³/mol. The number of likely N-dealkylation sites (tertiary alicyclic amines) is 1. The second-order valence-corrected chi connectivity index (χ2v) is 17.8. The molecule has 0 aromatic heterocycles. The van der Waals surface area contributed by atoms with Crippen molar-refractivity contribution in [3.8, 4) is 0 Å². The van der Waals surface area contributed by atoms with Gasteiger partial charge in [-0.2, -0.15) is 0 Å². The van der Waals surface area contributed by atoms with E-state index >= 15 is 0 Å². The Morgan fingerprint density at radius 2 is 0.767 bits per heavy atom. The molecule has 346 valence electrons. The molecular weight excluding hydrogens is 745 g/mol. The molecular formula is C53H94N2O5. The van der Waals surface area contributed by atoms with Gasteiger partial charge in [0, 0.05) is 26.1 Å². The summed E-state index contributed by atoms with van der Waals surface area (Å²) in [5, 5.41) is 0. The van der Waals surface area contributed by atoms with Crippen LogP contribution in [-0.4, -0.2) is 73.6 Å². The van der Waals surface area contributed by atoms with Crippen molar-refractivity contribution in [3.63, 3.8) is 0 Å². The van der Waals surface area contributed by atoms with Crippen molar-refractivity contribution in [3.05, 3.63) is 48.6 Å². The largest absolute Gasteiger partial charge is 0.462 e. The van der Waals surface area contributed by atoms with Crippen molar-refractivity contribution in [1.82, 2.24) is 9.80 Å². The van der Waals surface area contributed by atoms with Crippen LogP contribution in [0.5, 0.6) is 0 Å². The average molecular weight is 839 g/mol. The van der Waals surface area contributed by atoms with Crippen LogP contribution < -0.4 is 0 Å². The lowest BCUT2D eigenvalue weighted by molar-refractivity contribution is -0.165. The number of esters is 2. The molecule has 0 N–H and O–H groups in total. The molecule has 7 heteroatoms. The van der Waals surface area contributed by atoms with Crippen molar-refractivity contribution in [2.45, 2.75) is 226 Å². The first-order valence-corrected chi connectivity index (χ1v) is 25.2. The minimum Gasteiger partial charge on any atom is -0.462 e. The number of rotatable bonds is 39. The fraction of sp³-hybridized carbons (Fsp3) is 0.792. The van der Waals surface area contributed by atoms with Gasteiger partial charge in [-0.1, -0.05) is 128 Å². The van der Waals surface area contributed by atoms with E-state index in [0.717, 1.165) is 103 Å². The molecule has 1 rings (SSSR count). The third-order valence-electron chi connectivity index (χ3n) is 11.8. The van der Waals surface area contributed by atoms with Crippen LogP contribution >= 0.6 is 0 Å². The normalized spacial score (nSPS) is 16.1. The third-order valence-corrected chi connectivity index (χ3v) is 11.8. The second kappa shape index (κ2) is 39.2. The van der Waals surface area contributed by atoms with E-state index in [4.69, 9.17) is 9.47 Å². The second-order valence-electron chi connectivity index (χ2n) is 17.8. The van der Waals surface area contributed by atoms with Crippen LogP contribution in [0.25, 0.3) is 0 Å². The van der Waals surface area contributed by atoms with Gasteiger partial charge in [0.1, 0.15) is 12.2 Å². The van der Waals surface area contributed by atoms with Crippen molar-refractivity contribution >= 4 is 17.8 Å². The molecule has 0 radical (unpaired) electrons. The fourth-order valence-electron chi connectivity index (χ4n) is 7.84. The quantitative estimate of drug-likeness (QED) is 0.0349. The minimum absolute atomic E-state index is 0.0298. The average Bonchev–Trinajstić information content (AvgIpc) is 3.70. The molecule has 2 unspecified atom stereocenters. The van der Waals surface area contributed by atoms with E-state index in [1.54, 1.807) is 4.90 Å². The molecule has 1 aliphatic heterocycles. The summed E-state index contributed by atoms with van der Waals surface area (Å²) in [4.78, 5) is 45.6. The van der Waals surface area contributed by atoms with Crippen LogP contribution in [0, 0.1) is 11.8 Å². The molecule has 0 saturated carbocycles. The standard InChI is InChI=1S/C53H94N2O5/c1-7-11-15-19-23-27-31-35-39-47(40-36-32-28-24-20-16-12-8-2)59-52(57)49-45-55(51(56)43-44-54(5)6)46-50(49)53(58)60-48(41-37-33-29-25-21-17-13-9-3)42-38-34-30-26-22-18-14-10-4/h23-30,47-50H,7-22,31-46H2,1-6H3/b27-23-,28-24-,29-25-,30-26-. The van der Waals surface area contributed by atoms with E-state index in [9.17, 15) is 14.4 Å². The third kappa shape index (κ3) is 29.6. The molecule has 0 spiro atoms. The van der Waals surface area contributed by atoms with Gasteiger partial charge in [0.05, 0.1) is 11.8 Å². The lowest BCUT2D eigenvalue weighted by Gasteiger charge is -2.24. The van der Waals surface area contributed by atoms with Gasteiger partial charge in [0.25, 0.3) is 0 Å². The van der Waals surface area contributed by atoms with Crippen molar-refractivity contribution in [1.29, 1.82) is 0 Å². The molecule has 60 heavy (non-hydrogen) atoms. The summed E-state index contributed by atoms with van der Waals surface area (Å²) >= 11 is 0. The van der Waals surface area contributed by atoms with E-state index in [1.807, 2.05) is 19.0 Å². The number of carbonyl (C=O) groups excluding carboxylic acids is 3. The van der Waals surface area contributed by atoms with E-state index in [1.165, 1.54) is 77.0 Å². The van der Waals surface area contributed by atoms with Crippen LogP contribution in [-0.2, 0) is 23.9 Å². The summed E-state index contributed by atoms with van der Waals surface area (Å²) < 4.78 is 12.7. The number of nitrogens with zero attached hydrogens (tertiary/aromatic N) is 2. The molecule has 1 fully saturated rings. The summed E-state index contributed by atoms with van der Waals surface area (Å²) in [6, 6.07) is 0. The molecule has 2 atom stereocenters. The van der Waals surface area contributed by atoms with Crippen LogP contribution in [0.1, 0.15) is 214 Å². The van der Waals surface area contributed by atoms with Gasteiger partial charge in [-0.25, -0.2) is 0 Å². The van der Waals surface area contributed by atoms with Gasteiger partial charge in [0.15, 0.2) is 0 Å². The number of hydrogen-bond acceptors (Lipinski definition) is 6. The number of hydrogen-bond donors (Lipinski definition) is 0. The fourth-order valence-corrected chi connectivity index (χ4v) is 7.84.